The van der Waals surface area contributed by atoms with E-state index in [0.717, 1.165) is 6.42 Å². The van der Waals surface area contributed by atoms with Crippen molar-refractivity contribution in [3.8, 4) is 5.75 Å². The Kier molecular flexibility index (Phi) is 5.00. The number of rotatable bonds is 6. The Labute approximate surface area is 99.4 Å². The van der Waals surface area contributed by atoms with Gasteiger partial charge in [-0.25, -0.2) is 0 Å². The molecule has 0 aliphatic rings. The predicted octanol–water partition coefficient (Wildman–Crippen LogP) is -0.0449. The summed E-state index contributed by atoms with van der Waals surface area (Å²) in [6.07, 6.45) is 0.911. The Morgan fingerprint density at radius 2 is 1.94 bits per heavy atom. The van der Waals surface area contributed by atoms with Gasteiger partial charge in [0.05, 0.1) is 19.1 Å². The molecule has 0 radical (unpaired) electrons. The summed E-state index contributed by atoms with van der Waals surface area (Å²) in [6, 6.07) is 6.50. The molecule has 0 spiro atoms. The molecule has 0 aromatic heterocycles. The molecule has 0 saturated carbocycles. The molecule has 5 heteroatoms. The van der Waals surface area contributed by atoms with Crippen molar-refractivity contribution < 1.29 is 19.4 Å². The lowest BCUT2D eigenvalue weighted by molar-refractivity contribution is -0.303. The minimum absolute atomic E-state index is 0.384. The van der Waals surface area contributed by atoms with E-state index in [9.17, 15) is 14.7 Å². The maximum absolute atomic E-state index is 11.4. The maximum atomic E-state index is 11.4. The lowest BCUT2D eigenvalue weighted by atomic mass is 10.2. The topological polar surface area (TPSA) is 78.5 Å². The van der Waals surface area contributed by atoms with E-state index < -0.39 is 18.4 Å². The van der Waals surface area contributed by atoms with Crippen LogP contribution in [0.4, 0.5) is 0 Å². The average Bonchev–Trinajstić information content (AvgIpc) is 2.34. The number of hydrogen-bond acceptors (Lipinski definition) is 4. The number of benzene rings is 1. The molecule has 0 saturated heterocycles. The van der Waals surface area contributed by atoms with E-state index in [1.54, 1.807) is 24.3 Å². The summed E-state index contributed by atoms with van der Waals surface area (Å²) in [5, 5.41) is 12.4. The zero-order valence-electron chi connectivity index (χ0n) is 9.56. The van der Waals surface area contributed by atoms with Crippen molar-refractivity contribution in [3.05, 3.63) is 29.8 Å². The quantitative estimate of drug-likeness (QED) is 0.751. The summed E-state index contributed by atoms with van der Waals surface area (Å²) in [5.41, 5.74) is 0.384. The number of carboxylic acid groups (broad SMARTS) is 1. The highest BCUT2D eigenvalue weighted by Crippen LogP contribution is 2.12. The van der Waals surface area contributed by atoms with Crippen LogP contribution in [0.1, 0.15) is 23.7 Å². The van der Waals surface area contributed by atoms with Crippen LogP contribution in [0.15, 0.2) is 24.3 Å². The SMILES string of the molecule is CCCOc1ccc(C(=O)NCC(=O)[O-])cc1. The Morgan fingerprint density at radius 1 is 1.29 bits per heavy atom. The fraction of sp³-hybridized carbons (Fsp3) is 0.333. The van der Waals surface area contributed by atoms with Crippen molar-refractivity contribution >= 4 is 11.9 Å². The third-order valence-electron chi connectivity index (χ3n) is 1.98. The second-order valence-electron chi connectivity index (χ2n) is 3.43. The highest BCUT2D eigenvalue weighted by molar-refractivity contribution is 5.95. The van der Waals surface area contributed by atoms with E-state index >= 15 is 0 Å². The van der Waals surface area contributed by atoms with Crippen LogP contribution in [0, 0.1) is 0 Å². The number of amides is 1. The molecular weight excluding hydrogens is 222 g/mol. The molecule has 5 nitrogen and oxygen atoms in total. The highest BCUT2D eigenvalue weighted by atomic mass is 16.5. The summed E-state index contributed by atoms with van der Waals surface area (Å²) < 4.78 is 5.35. The number of nitrogens with one attached hydrogen (secondary N) is 1. The molecular formula is C12H14NO4-. The van der Waals surface area contributed by atoms with Gasteiger partial charge in [-0.05, 0) is 30.7 Å². The lowest BCUT2D eigenvalue weighted by Gasteiger charge is -2.07. The van der Waals surface area contributed by atoms with Crippen LogP contribution in [-0.4, -0.2) is 25.0 Å². The molecule has 1 aromatic rings. The molecule has 17 heavy (non-hydrogen) atoms. The van der Waals surface area contributed by atoms with Crippen molar-refractivity contribution in [2.75, 3.05) is 13.2 Å². The first-order valence-corrected chi connectivity index (χ1v) is 5.34. The van der Waals surface area contributed by atoms with Crippen LogP contribution in [0.5, 0.6) is 5.75 Å². The Bertz CT molecular complexity index is 386. The van der Waals surface area contributed by atoms with Gasteiger partial charge in [0.2, 0.25) is 0 Å². The highest BCUT2D eigenvalue weighted by Gasteiger charge is 2.04. The minimum Gasteiger partial charge on any atom is -0.548 e. The number of carbonyl (C=O) groups is 2. The van der Waals surface area contributed by atoms with E-state index in [1.807, 2.05) is 6.92 Å². The van der Waals surface area contributed by atoms with Crippen LogP contribution in [-0.2, 0) is 4.79 Å². The molecule has 1 N–H and O–H groups in total. The van der Waals surface area contributed by atoms with E-state index in [2.05, 4.69) is 5.32 Å². The molecule has 92 valence electrons. The molecule has 0 bridgehead atoms. The van der Waals surface area contributed by atoms with Gasteiger partial charge in [-0.15, -0.1) is 0 Å². The second kappa shape index (κ2) is 6.52. The van der Waals surface area contributed by atoms with Gasteiger partial charge in [0.1, 0.15) is 5.75 Å². The van der Waals surface area contributed by atoms with Crippen molar-refractivity contribution in [2.45, 2.75) is 13.3 Å². The summed E-state index contributed by atoms with van der Waals surface area (Å²) in [4.78, 5) is 21.6. The number of carboxylic acids is 1. The zero-order chi connectivity index (χ0) is 12.7. The van der Waals surface area contributed by atoms with E-state index in [4.69, 9.17) is 4.74 Å². The number of aliphatic carboxylic acids is 1. The van der Waals surface area contributed by atoms with Crippen LogP contribution in [0.3, 0.4) is 0 Å². The molecule has 0 heterocycles. The molecule has 1 aromatic carbocycles. The fourth-order valence-corrected chi connectivity index (χ4v) is 1.18. The summed E-state index contributed by atoms with van der Waals surface area (Å²) in [5.74, 6) is -1.08. The Balaban J connectivity index is 2.54. The van der Waals surface area contributed by atoms with Crippen molar-refractivity contribution in [3.63, 3.8) is 0 Å². The van der Waals surface area contributed by atoms with Crippen LogP contribution in [0.2, 0.25) is 0 Å². The molecule has 0 aliphatic carbocycles. The minimum atomic E-state index is -1.32. The summed E-state index contributed by atoms with van der Waals surface area (Å²) in [7, 11) is 0. The van der Waals surface area contributed by atoms with Gasteiger partial charge >= 0.3 is 0 Å². The molecule has 0 fully saturated rings. The van der Waals surface area contributed by atoms with E-state index in [0.29, 0.717) is 17.9 Å². The molecule has 0 unspecified atom stereocenters. The summed E-state index contributed by atoms with van der Waals surface area (Å²) >= 11 is 0. The van der Waals surface area contributed by atoms with Crippen molar-refractivity contribution in [1.82, 2.24) is 5.32 Å². The van der Waals surface area contributed by atoms with Gasteiger partial charge in [0.25, 0.3) is 5.91 Å². The molecule has 1 amide bonds. The first-order valence-electron chi connectivity index (χ1n) is 5.34. The Hall–Kier alpha value is -2.04. The first-order chi connectivity index (χ1) is 8.13. The monoisotopic (exact) mass is 236 g/mol. The second-order valence-corrected chi connectivity index (χ2v) is 3.43. The molecule has 1 rings (SSSR count). The van der Waals surface area contributed by atoms with Crippen molar-refractivity contribution in [1.29, 1.82) is 0 Å². The van der Waals surface area contributed by atoms with Crippen LogP contribution >= 0.6 is 0 Å². The smallest absolute Gasteiger partial charge is 0.251 e. The normalized spacial score (nSPS) is 9.71. The van der Waals surface area contributed by atoms with Gasteiger partial charge in [-0.2, -0.15) is 0 Å². The largest absolute Gasteiger partial charge is 0.548 e. The molecule has 0 atom stereocenters. The van der Waals surface area contributed by atoms with Gasteiger partial charge in [-0.3, -0.25) is 4.79 Å². The first kappa shape index (κ1) is 13.0. The van der Waals surface area contributed by atoms with Gasteiger partial charge in [-0.1, -0.05) is 6.92 Å². The number of ether oxygens (including phenoxy) is 1. The lowest BCUT2D eigenvalue weighted by Crippen LogP contribution is -2.37. The summed E-state index contributed by atoms with van der Waals surface area (Å²) in [6.45, 7) is 2.13. The van der Waals surface area contributed by atoms with E-state index in [1.165, 1.54) is 0 Å². The van der Waals surface area contributed by atoms with Gasteiger partial charge in [0, 0.05) is 5.56 Å². The average molecular weight is 236 g/mol. The number of carbonyl (C=O) groups excluding carboxylic acids is 2. The van der Waals surface area contributed by atoms with Gasteiger partial charge in [0.15, 0.2) is 0 Å². The maximum Gasteiger partial charge on any atom is 0.251 e. The fourth-order valence-electron chi connectivity index (χ4n) is 1.18. The zero-order valence-corrected chi connectivity index (χ0v) is 9.56. The third kappa shape index (κ3) is 4.55. The van der Waals surface area contributed by atoms with Gasteiger partial charge < -0.3 is 20.0 Å². The standard InChI is InChI=1S/C12H15NO4/c1-2-7-17-10-5-3-9(4-6-10)12(16)13-8-11(14)15/h3-6H,2,7-8H2,1H3,(H,13,16)(H,14,15)/p-1. The van der Waals surface area contributed by atoms with Crippen LogP contribution < -0.4 is 15.2 Å². The third-order valence-corrected chi connectivity index (χ3v) is 1.98. The van der Waals surface area contributed by atoms with E-state index in [-0.39, 0.29) is 0 Å². The predicted molar refractivity (Wildman–Crippen MR) is 59.6 cm³/mol. The molecule has 0 aliphatic heterocycles. The van der Waals surface area contributed by atoms with Crippen molar-refractivity contribution in [2.24, 2.45) is 0 Å². The van der Waals surface area contributed by atoms with Crippen LogP contribution in [0.25, 0.3) is 0 Å². The Morgan fingerprint density at radius 3 is 2.47 bits per heavy atom. The number of hydrogen-bond donors (Lipinski definition) is 1.